The average molecular weight is 687 g/mol. The minimum atomic E-state index is -4.55. The summed E-state index contributed by atoms with van der Waals surface area (Å²) < 4.78 is 34.8. The van der Waals surface area contributed by atoms with Crippen molar-refractivity contribution in [2.75, 3.05) is 18.0 Å². The average Bonchev–Trinajstić information content (AvgIpc) is 3.05. The van der Waals surface area contributed by atoms with Gasteiger partial charge in [-0.05, 0) is 76.1 Å². The van der Waals surface area contributed by atoms with Crippen LogP contribution in [0.2, 0.25) is 0 Å². The maximum absolute atomic E-state index is 14.6. The van der Waals surface area contributed by atoms with E-state index in [1.165, 1.54) is 43.2 Å². The van der Waals surface area contributed by atoms with Gasteiger partial charge in [0.2, 0.25) is 11.8 Å². The Bertz CT molecular complexity index is 1890. The van der Waals surface area contributed by atoms with Crippen molar-refractivity contribution in [1.82, 2.24) is 10.2 Å². The fraction of sp³-hybridized carbons (Fsp3) is 0.297. The fourth-order valence-corrected chi connectivity index (χ4v) is 6.68. The summed E-state index contributed by atoms with van der Waals surface area (Å²) in [5.41, 5.74) is 1.99. The standard InChI is InChI=1S/C37H42N4O7S/c1-26-12-15-29(16-13-26)24-39(34(36(43)38-37(3,4)5)22-28-10-8-7-9-11-28)35(42)25-40(30-17-19-31(48-6)20-18-30)49(46,47)32-21-14-27(2)33(23-32)41(44)45/h7-21,23,34H,22,24-25H2,1-6H3,(H,38,43)/t34-/m0/s1. The molecule has 258 valence electrons. The number of aryl methyl sites for hydroxylation is 2. The SMILES string of the molecule is COc1ccc(N(CC(=O)N(Cc2ccc(C)cc2)[C@@H](Cc2ccccc2)C(=O)NC(C)(C)C)S(=O)(=O)c2ccc(C)c([N+](=O)[O-])c2)cc1. The molecule has 0 aliphatic carbocycles. The summed E-state index contributed by atoms with van der Waals surface area (Å²) in [7, 11) is -3.08. The second-order valence-corrected chi connectivity index (χ2v) is 14.7. The molecule has 0 unspecified atom stereocenters. The number of nitrogens with zero attached hydrogens (tertiary/aromatic N) is 3. The maximum Gasteiger partial charge on any atom is 0.273 e. The first-order valence-corrected chi connectivity index (χ1v) is 17.2. The monoisotopic (exact) mass is 686 g/mol. The van der Waals surface area contributed by atoms with Crippen LogP contribution in [0.1, 0.15) is 43.0 Å². The molecule has 0 fully saturated rings. The van der Waals surface area contributed by atoms with E-state index in [4.69, 9.17) is 4.74 Å². The number of sulfonamides is 1. The second-order valence-electron chi connectivity index (χ2n) is 12.9. The van der Waals surface area contributed by atoms with Gasteiger partial charge in [0.05, 0.1) is 22.6 Å². The van der Waals surface area contributed by atoms with E-state index >= 15 is 0 Å². The molecule has 1 atom stereocenters. The van der Waals surface area contributed by atoms with Gasteiger partial charge >= 0.3 is 0 Å². The number of anilines is 1. The van der Waals surface area contributed by atoms with E-state index in [1.807, 2.05) is 82.3 Å². The number of methoxy groups -OCH3 is 1. The molecule has 11 nitrogen and oxygen atoms in total. The molecule has 0 bridgehead atoms. The summed E-state index contributed by atoms with van der Waals surface area (Å²) in [6.07, 6.45) is 0.166. The van der Waals surface area contributed by atoms with Gasteiger partial charge in [0.25, 0.3) is 15.7 Å². The normalized spacial score (nSPS) is 12.1. The summed E-state index contributed by atoms with van der Waals surface area (Å²) in [6, 6.07) is 25.5. The molecule has 49 heavy (non-hydrogen) atoms. The van der Waals surface area contributed by atoms with E-state index in [0.29, 0.717) is 5.75 Å². The lowest BCUT2D eigenvalue weighted by atomic mass is 10.0. The first-order chi connectivity index (χ1) is 23.1. The van der Waals surface area contributed by atoms with Gasteiger partial charge in [0.1, 0.15) is 18.3 Å². The van der Waals surface area contributed by atoms with Gasteiger partial charge in [-0.1, -0.05) is 66.2 Å². The molecule has 0 spiro atoms. The summed E-state index contributed by atoms with van der Waals surface area (Å²) in [6.45, 7) is 8.30. The van der Waals surface area contributed by atoms with Crippen LogP contribution in [0.4, 0.5) is 11.4 Å². The van der Waals surface area contributed by atoms with Crippen molar-refractivity contribution >= 4 is 33.2 Å². The molecule has 0 aliphatic heterocycles. The molecule has 0 saturated carbocycles. The molecular formula is C37H42N4O7S. The topological polar surface area (TPSA) is 139 Å². The van der Waals surface area contributed by atoms with E-state index < -0.39 is 44.9 Å². The third-order valence-corrected chi connectivity index (χ3v) is 9.62. The summed E-state index contributed by atoms with van der Waals surface area (Å²) >= 11 is 0. The Morgan fingerprint density at radius 1 is 0.898 bits per heavy atom. The highest BCUT2D eigenvalue weighted by Crippen LogP contribution is 2.30. The van der Waals surface area contributed by atoms with Crippen LogP contribution < -0.4 is 14.4 Å². The van der Waals surface area contributed by atoms with Crippen LogP contribution in [0.15, 0.2) is 102 Å². The van der Waals surface area contributed by atoms with Crippen LogP contribution in [0.5, 0.6) is 5.75 Å². The zero-order chi connectivity index (χ0) is 35.9. The Morgan fingerprint density at radius 2 is 1.53 bits per heavy atom. The van der Waals surface area contributed by atoms with Gasteiger partial charge < -0.3 is 15.0 Å². The number of carbonyl (C=O) groups is 2. The summed E-state index contributed by atoms with van der Waals surface area (Å²) in [4.78, 5) is 40.8. The van der Waals surface area contributed by atoms with Crippen molar-refractivity contribution in [2.24, 2.45) is 0 Å². The molecule has 1 N–H and O–H groups in total. The molecule has 0 saturated heterocycles. The number of nitrogens with one attached hydrogen (secondary N) is 1. The highest BCUT2D eigenvalue weighted by Gasteiger charge is 2.36. The molecule has 0 aliphatic rings. The van der Waals surface area contributed by atoms with Gasteiger partial charge in [0, 0.05) is 30.1 Å². The third-order valence-electron chi connectivity index (χ3n) is 7.85. The Hall–Kier alpha value is -5.23. The van der Waals surface area contributed by atoms with Gasteiger partial charge in [-0.15, -0.1) is 0 Å². The number of carbonyl (C=O) groups excluding carboxylic acids is 2. The number of nitro benzene ring substituents is 1. The molecule has 0 aromatic heterocycles. The van der Waals surface area contributed by atoms with Crippen LogP contribution in [-0.4, -0.2) is 55.3 Å². The number of hydrogen-bond donors (Lipinski definition) is 1. The van der Waals surface area contributed by atoms with Crippen molar-refractivity contribution < 1.29 is 27.7 Å². The Labute approximate surface area is 287 Å². The van der Waals surface area contributed by atoms with Gasteiger partial charge in [0.15, 0.2) is 0 Å². The van der Waals surface area contributed by atoms with E-state index in [9.17, 15) is 28.1 Å². The van der Waals surface area contributed by atoms with Crippen molar-refractivity contribution in [3.8, 4) is 5.75 Å². The number of rotatable bonds is 13. The Balaban J connectivity index is 1.85. The lowest BCUT2D eigenvalue weighted by Gasteiger charge is -2.35. The zero-order valence-electron chi connectivity index (χ0n) is 28.5. The van der Waals surface area contributed by atoms with Crippen LogP contribution in [0.3, 0.4) is 0 Å². The number of hydrogen-bond acceptors (Lipinski definition) is 7. The molecule has 4 rings (SSSR count). The highest BCUT2D eigenvalue weighted by atomic mass is 32.2. The summed E-state index contributed by atoms with van der Waals surface area (Å²) in [5, 5.41) is 14.7. The predicted octanol–water partition coefficient (Wildman–Crippen LogP) is 5.97. The number of ether oxygens (including phenoxy) is 1. The van der Waals surface area contributed by atoms with Crippen LogP contribution in [0.25, 0.3) is 0 Å². The van der Waals surface area contributed by atoms with Crippen molar-refractivity contribution in [3.63, 3.8) is 0 Å². The smallest absolute Gasteiger partial charge is 0.273 e. The van der Waals surface area contributed by atoms with Crippen molar-refractivity contribution in [1.29, 1.82) is 0 Å². The molecule has 4 aromatic carbocycles. The first-order valence-electron chi connectivity index (χ1n) is 15.7. The van der Waals surface area contributed by atoms with Gasteiger partial charge in [-0.3, -0.25) is 24.0 Å². The maximum atomic E-state index is 14.6. The molecule has 0 radical (unpaired) electrons. The van der Waals surface area contributed by atoms with Crippen LogP contribution in [-0.2, 0) is 32.6 Å². The minimum Gasteiger partial charge on any atom is -0.497 e. The fourth-order valence-electron chi connectivity index (χ4n) is 5.25. The lowest BCUT2D eigenvalue weighted by molar-refractivity contribution is -0.385. The molecule has 4 aromatic rings. The largest absolute Gasteiger partial charge is 0.497 e. The van der Waals surface area contributed by atoms with Crippen molar-refractivity contribution in [2.45, 2.75) is 64.1 Å². The second kappa shape index (κ2) is 15.3. The molecule has 2 amide bonds. The summed E-state index contributed by atoms with van der Waals surface area (Å²) in [5.74, 6) is -0.586. The number of benzene rings is 4. The Morgan fingerprint density at radius 3 is 2.10 bits per heavy atom. The lowest BCUT2D eigenvalue weighted by Crippen LogP contribution is -2.56. The molecule has 12 heteroatoms. The first kappa shape index (κ1) is 36.6. The molecule has 0 heterocycles. The van der Waals surface area contributed by atoms with Gasteiger partial charge in [-0.25, -0.2) is 8.42 Å². The van der Waals surface area contributed by atoms with Crippen LogP contribution in [0, 0.1) is 24.0 Å². The van der Waals surface area contributed by atoms with Gasteiger partial charge in [-0.2, -0.15) is 0 Å². The minimum absolute atomic E-state index is 0.0146. The third kappa shape index (κ3) is 9.44. The van der Waals surface area contributed by atoms with Crippen LogP contribution >= 0.6 is 0 Å². The highest BCUT2D eigenvalue weighted by molar-refractivity contribution is 7.92. The zero-order valence-corrected chi connectivity index (χ0v) is 29.4. The predicted molar refractivity (Wildman–Crippen MR) is 189 cm³/mol. The van der Waals surface area contributed by atoms with Crippen molar-refractivity contribution in [3.05, 3.63) is 129 Å². The van der Waals surface area contributed by atoms with E-state index in [2.05, 4.69) is 5.32 Å². The van der Waals surface area contributed by atoms with E-state index in [-0.39, 0.29) is 34.8 Å². The van der Waals surface area contributed by atoms with E-state index in [1.54, 1.807) is 12.1 Å². The quantitative estimate of drug-likeness (QED) is 0.135. The number of nitro groups is 1. The Kier molecular flexibility index (Phi) is 11.5. The van der Waals surface area contributed by atoms with E-state index in [0.717, 1.165) is 27.1 Å². The number of amides is 2. The molecular weight excluding hydrogens is 644 g/mol.